The van der Waals surface area contributed by atoms with Crippen molar-refractivity contribution in [1.82, 2.24) is 10.4 Å². The van der Waals surface area contributed by atoms with Gasteiger partial charge in [-0.3, -0.25) is 10.2 Å². The Morgan fingerprint density at radius 2 is 1.67 bits per heavy atom. The maximum atomic E-state index is 12.2. The second-order valence-corrected chi connectivity index (χ2v) is 5.18. The Morgan fingerprint density at radius 1 is 0.952 bits per heavy atom. The second-order valence-electron chi connectivity index (χ2n) is 5.18. The molecule has 0 spiro atoms. The van der Waals surface area contributed by atoms with E-state index in [0.29, 0.717) is 5.69 Å². The maximum Gasteiger partial charge on any atom is 0.333 e. The van der Waals surface area contributed by atoms with Crippen molar-refractivity contribution in [3.63, 3.8) is 0 Å². The molecule has 1 aliphatic carbocycles. The molecule has 4 rings (SSSR count). The predicted octanol–water partition coefficient (Wildman–Crippen LogP) is 2.34. The number of amides is 2. The summed E-state index contributed by atoms with van der Waals surface area (Å²) in [7, 11) is 0. The summed E-state index contributed by atoms with van der Waals surface area (Å²) in [6.45, 7) is 0. The van der Waals surface area contributed by atoms with Crippen LogP contribution in [0.25, 0.3) is 0 Å². The number of rotatable bonds is 2. The topological polar surface area (TPSA) is 61.2 Å². The summed E-state index contributed by atoms with van der Waals surface area (Å²) in [4.78, 5) is 24.1. The van der Waals surface area contributed by atoms with Crippen molar-refractivity contribution in [2.45, 2.75) is 12.1 Å². The summed E-state index contributed by atoms with van der Waals surface area (Å²) < 4.78 is 0. The molecule has 0 bridgehead atoms. The molecule has 3 atom stereocenters. The number of para-hydroxylation sites is 1. The Balaban J connectivity index is 1.45. The van der Waals surface area contributed by atoms with Gasteiger partial charge in [-0.25, -0.2) is 4.79 Å². The van der Waals surface area contributed by atoms with Gasteiger partial charge < -0.3 is 5.32 Å². The van der Waals surface area contributed by atoms with Crippen LogP contribution >= 0.6 is 0 Å². The first kappa shape index (κ1) is 12.1. The molecule has 3 unspecified atom stereocenters. The van der Waals surface area contributed by atoms with Crippen LogP contribution in [0.5, 0.6) is 0 Å². The van der Waals surface area contributed by atoms with Gasteiger partial charge in [0.05, 0.1) is 6.04 Å². The van der Waals surface area contributed by atoms with E-state index < -0.39 is 0 Å². The number of benzene rings is 2. The van der Waals surface area contributed by atoms with Gasteiger partial charge in [0.15, 0.2) is 5.78 Å². The van der Waals surface area contributed by atoms with Crippen molar-refractivity contribution in [3.05, 3.63) is 65.7 Å². The summed E-state index contributed by atoms with van der Waals surface area (Å²) in [5, 5.41) is 4.44. The Bertz CT molecular complexity index is 729. The zero-order chi connectivity index (χ0) is 14.4. The van der Waals surface area contributed by atoms with Crippen LogP contribution in [0, 0.1) is 0 Å². The highest BCUT2D eigenvalue weighted by Gasteiger charge is 2.60. The van der Waals surface area contributed by atoms with E-state index in [0.717, 1.165) is 11.1 Å². The quantitative estimate of drug-likeness (QED) is 0.829. The van der Waals surface area contributed by atoms with E-state index in [1.165, 1.54) is 0 Å². The number of nitrogens with zero attached hydrogens (tertiary/aromatic N) is 1. The van der Waals surface area contributed by atoms with Crippen LogP contribution in [-0.2, 0) is 0 Å². The average Bonchev–Trinajstić information content (AvgIpc) is 3.11. The lowest BCUT2D eigenvalue weighted by Crippen LogP contribution is -2.36. The lowest BCUT2D eigenvalue weighted by molar-refractivity contribution is 0.0971. The molecule has 0 aromatic heterocycles. The van der Waals surface area contributed by atoms with Crippen molar-refractivity contribution < 1.29 is 9.59 Å². The molecule has 2 aliphatic rings. The number of urea groups is 1. The third-order valence-electron chi connectivity index (χ3n) is 3.88. The number of nitrogens with one attached hydrogen (secondary N) is 2. The van der Waals surface area contributed by atoms with Crippen molar-refractivity contribution >= 4 is 17.5 Å². The molecule has 21 heavy (non-hydrogen) atoms. The lowest BCUT2D eigenvalue weighted by Gasteiger charge is -2.12. The van der Waals surface area contributed by atoms with E-state index in [2.05, 4.69) is 10.7 Å². The molecule has 5 nitrogen and oxygen atoms in total. The lowest BCUT2D eigenvalue weighted by atomic mass is 10.1. The van der Waals surface area contributed by atoms with E-state index in [4.69, 9.17) is 0 Å². The van der Waals surface area contributed by atoms with Crippen molar-refractivity contribution in [2.24, 2.45) is 0 Å². The van der Waals surface area contributed by atoms with E-state index in [1.54, 1.807) is 5.01 Å². The number of anilines is 1. The number of Topliss-reactive ketones (excluding diaryl/α,β-unsaturated/α-hetero) is 1. The van der Waals surface area contributed by atoms with Gasteiger partial charge in [0.2, 0.25) is 0 Å². The van der Waals surface area contributed by atoms with E-state index >= 15 is 0 Å². The summed E-state index contributed by atoms with van der Waals surface area (Å²) >= 11 is 0. The van der Waals surface area contributed by atoms with Gasteiger partial charge in [0.25, 0.3) is 0 Å². The van der Waals surface area contributed by atoms with Crippen LogP contribution in [0.3, 0.4) is 0 Å². The standard InChI is InChI=1S/C16H13N3O2/c20-15-12-9-5-4-8-11(12)13-14(15)19(13)18-16(21)17-10-6-2-1-3-7-10/h1-9,13-14H,(H2,17,18,21). The van der Waals surface area contributed by atoms with E-state index in [-0.39, 0.29) is 23.9 Å². The molecule has 1 heterocycles. The summed E-state index contributed by atoms with van der Waals surface area (Å²) in [5.41, 5.74) is 5.22. The minimum atomic E-state index is -0.333. The van der Waals surface area contributed by atoms with Gasteiger partial charge in [-0.1, -0.05) is 42.5 Å². The molecule has 0 radical (unpaired) electrons. The molecule has 1 aliphatic heterocycles. The van der Waals surface area contributed by atoms with Gasteiger partial charge in [0, 0.05) is 11.3 Å². The van der Waals surface area contributed by atoms with Crippen LogP contribution < -0.4 is 10.7 Å². The van der Waals surface area contributed by atoms with Crippen molar-refractivity contribution in [2.75, 3.05) is 5.32 Å². The largest absolute Gasteiger partial charge is 0.333 e. The first-order valence-corrected chi connectivity index (χ1v) is 6.80. The number of carbonyl (C=O) groups excluding carboxylic acids is 2. The maximum absolute atomic E-state index is 12.2. The summed E-state index contributed by atoms with van der Waals surface area (Å²) in [6, 6.07) is 16.2. The fraction of sp³-hybridized carbons (Fsp3) is 0.125. The number of hydrogen-bond donors (Lipinski definition) is 2. The molecule has 5 heteroatoms. The van der Waals surface area contributed by atoms with Gasteiger partial charge in [-0.15, -0.1) is 0 Å². The number of ketones is 1. The van der Waals surface area contributed by atoms with Crippen molar-refractivity contribution in [1.29, 1.82) is 0 Å². The SMILES string of the molecule is O=C(Nc1ccccc1)NN1C2C(=O)c3ccccc3C21. The predicted molar refractivity (Wildman–Crippen MR) is 77.7 cm³/mol. The van der Waals surface area contributed by atoms with Gasteiger partial charge >= 0.3 is 6.03 Å². The second kappa shape index (κ2) is 4.43. The van der Waals surface area contributed by atoms with E-state index in [9.17, 15) is 9.59 Å². The average molecular weight is 279 g/mol. The third-order valence-corrected chi connectivity index (χ3v) is 3.88. The third kappa shape index (κ3) is 1.90. The molecule has 2 N–H and O–H groups in total. The zero-order valence-electron chi connectivity index (χ0n) is 11.1. The number of fused-ring (bicyclic) bond motifs is 3. The van der Waals surface area contributed by atoms with Crippen LogP contribution in [-0.4, -0.2) is 22.9 Å². The zero-order valence-corrected chi connectivity index (χ0v) is 11.1. The minimum absolute atomic E-state index is 0.0183. The number of hydrogen-bond acceptors (Lipinski definition) is 3. The summed E-state index contributed by atoms with van der Waals surface area (Å²) in [6.07, 6.45) is 0. The monoisotopic (exact) mass is 279 g/mol. The van der Waals surface area contributed by atoms with Crippen LogP contribution in [0.15, 0.2) is 54.6 Å². The van der Waals surface area contributed by atoms with Gasteiger partial charge in [-0.05, 0) is 17.7 Å². The van der Waals surface area contributed by atoms with Gasteiger partial charge in [0.1, 0.15) is 6.04 Å². The Kier molecular flexibility index (Phi) is 2.55. The Morgan fingerprint density at radius 3 is 2.48 bits per heavy atom. The molecular weight excluding hydrogens is 266 g/mol. The molecule has 104 valence electrons. The highest BCUT2D eigenvalue weighted by molar-refractivity contribution is 6.08. The van der Waals surface area contributed by atoms with Crippen LogP contribution in [0.1, 0.15) is 22.0 Å². The number of carbonyl (C=O) groups is 2. The molecule has 0 saturated carbocycles. The highest BCUT2D eigenvalue weighted by Crippen LogP contribution is 2.50. The molecule has 1 saturated heterocycles. The normalized spacial score (nSPS) is 25.0. The minimum Gasteiger partial charge on any atom is -0.307 e. The molecule has 2 aromatic rings. The van der Waals surface area contributed by atoms with Crippen LogP contribution in [0.4, 0.5) is 10.5 Å². The Labute approximate surface area is 121 Å². The number of hydrazine groups is 1. The van der Waals surface area contributed by atoms with E-state index in [1.807, 2.05) is 54.6 Å². The molecular formula is C16H13N3O2. The molecule has 2 amide bonds. The smallest absolute Gasteiger partial charge is 0.307 e. The molecule has 2 aromatic carbocycles. The van der Waals surface area contributed by atoms with Crippen molar-refractivity contribution in [3.8, 4) is 0 Å². The fourth-order valence-corrected chi connectivity index (χ4v) is 2.90. The highest BCUT2D eigenvalue weighted by atomic mass is 16.2. The van der Waals surface area contributed by atoms with Crippen LogP contribution in [0.2, 0.25) is 0 Å². The first-order valence-electron chi connectivity index (χ1n) is 6.80. The Hall–Kier alpha value is -2.66. The fourth-order valence-electron chi connectivity index (χ4n) is 2.90. The molecule has 1 fully saturated rings. The van der Waals surface area contributed by atoms with Gasteiger partial charge in [-0.2, -0.15) is 5.01 Å². The summed E-state index contributed by atoms with van der Waals surface area (Å²) in [5.74, 6) is 0.0793. The first-order chi connectivity index (χ1) is 10.3.